The molecule has 4 aliphatic carbocycles. The standard InChI is InChI=1S/C24H40/c1-6-17(3)20-9-10-21-19-8-7-18-15-16(2)11-13-23(18,4)22(19)12-14-24(20,21)5/h16,18-19,21-22H,6-15H2,1-5H3/b20-17+. The summed E-state index contributed by atoms with van der Waals surface area (Å²) in [4.78, 5) is 0. The first-order valence-electron chi connectivity index (χ1n) is 11.1. The third-order valence-corrected chi connectivity index (χ3v) is 9.76. The second-order valence-electron chi connectivity index (χ2n) is 10.6. The van der Waals surface area contributed by atoms with Crippen molar-refractivity contribution < 1.29 is 0 Å². The molecule has 0 bridgehead atoms. The molecule has 0 heteroatoms. The molecule has 4 rings (SSSR count). The molecule has 7 atom stereocenters. The number of hydrogen-bond donors (Lipinski definition) is 0. The van der Waals surface area contributed by atoms with E-state index in [0.29, 0.717) is 10.8 Å². The highest BCUT2D eigenvalue weighted by Crippen LogP contribution is 2.68. The van der Waals surface area contributed by atoms with Gasteiger partial charge in [-0.15, -0.1) is 0 Å². The van der Waals surface area contributed by atoms with E-state index in [4.69, 9.17) is 0 Å². The van der Waals surface area contributed by atoms with E-state index in [2.05, 4.69) is 34.6 Å². The van der Waals surface area contributed by atoms with Crippen LogP contribution in [-0.2, 0) is 0 Å². The molecule has 0 aromatic rings. The van der Waals surface area contributed by atoms with Crippen LogP contribution in [0.1, 0.15) is 98.8 Å². The summed E-state index contributed by atoms with van der Waals surface area (Å²) in [6, 6.07) is 0. The maximum atomic E-state index is 2.71. The predicted octanol–water partition coefficient (Wildman–Crippen LogP) is 7.39. The summed E-state index contributed by atoms with van der Waals surface area (Å²) in [5.74, 6) is 5.12. The molecule has 4 aliphatic rings. The van der Waals surface area contributed by atoms with Crippen LogP contribution in [-0.4, -0.2) is 0 Å². The van der Waals surface area contributed by atoms with Gasteiger partial charge in [-0.2, -0.15) is 0 Å². The lowest BCUT2D eigenvalue weighted by molar-refractivity contribution is -0.105. The highest BCUT2D eigenvalue weighted by molar-refractivity contribution is 5.28. The summed E-state index contributed by atoms with van der Waals surface area (Å²) in [6.45, 7) is 12.7. The van der Waals surface area contributed by atoms with E-state index < -0.39 is 0 Å². The summed E-state index contributed by atoms with van der Waals surface area (Å²) >= 11 is 0. The van der Waals surface area contributed by atoms with Gasteiger partial charge in [-0.1, -0.05) is 45.3 Å². The Balaban J connectivity index is 1.63. The summed E-state index contributed by atoms with van der Waals surface area (Å²) in [5, 5.41) is 0. The Morgan fingerprint density at radius 3 is 2.54 bits per heavy atom. The maximum Gasteiger partial charge on any atom is -0.00826 e. The Labute approximate surface area is 150 Å². The van der Waals surface area contributed by atoms with Crippen LogP contribution < -0.4 is 0 Å². The van der Waals surface area contributed by atoms with Gasteiger partial charge in [0.25, 0.3) is 0 Å². The fraction of sp³-hybridized carbons (Fsp3) is 0.917. The molecule has 4 fully saturated rings. The fourth-order valence-electron chi connectivity index (χ4n) is 8.20. The van der Waals surface area contributed by atoms with Crippen LogP contribution >= 0.6 is 0 Å². The van der Waals surface area contributed by atoms with Crippen molar-refractivity contribution in [1.82, 2.24) is 0 Å². The molecule has 0 saturated heterocycles. The van der Waals surface area contributed by atoms with E-state index in [0.717, 1.165) is 29.6 Å². The van der Waals surface area contributed by atoms with Crippen LogP contribution in [0.2, 0.25) is 0 Å². The molecule has 136 valence electrons. The van der Waals surface area contributed by atoms with E-state index in [1.54, 1.807) is 18.4 Å². The van der Waals surface area contributed by atoms with Gasteiger partial charge in [0.15, 0.2) is 0 Å². The van der Waals surface area contributed by atoms with E-state index >= 15 is 0 Å². The van der Waals surface area contributed by atoms with Crippen LogP contribution in [0.25, 0.3) is 0 Å². The van der Waals surface area contributed by atoms with Crippen molar-refractivity contribution >= 4 is 0 Å². The second-order valence-corrected chi connectivity index (χ2v) is 10.6. The Bertz CT molecular complexity index is 528. The van der Waals surface area contributed by atoms with Gasteiger partial charge in [0.2, 0.25) is 0 Å². The number of fused-ring (bicyclic) bond motifs is 5. The lowest BCUT2D eigenvalue weighted by atomic mass is 9.44. The molecule has 24 heavy (non-hydrogen) atoms. The van der Waals surface area contributed by atoms with Crippen molar-refractivity contribution in [2.75, 3.05) is 0 Å². The minimum absolute atomic E-state index is 0.562. The van der Waals surface area contributed by atoms with Crippen molar-refractivity contribution in [2.45, 2.75) is 98.8 Å². The lowest BCUT2D eigenvalue weighted by Gasteiger charge is -2.60. The molecule has 7 unspecified atom stereocenters. The topological polar surface area (TPSA) is 0 Å². The van der Waals surface area contributed by atoms with Crippen LogP contribution in [0.4, 0.5) is 0 Å². The number of rotatable bonds is 1. The predicted molar refractivity (Wildman–Crippen MR) is 104 cm³/mol. The molecule has 0 aliphatic heterocycles. The highest BCUT2D eigenvalue weighted by Gasteiger charge is 2.58. The molecular weight excluding hydrogens is 288 g/mol. The zero-order chi connectivity index (χ0) is 17.1. The highest BCUT2D eigenvalue weighted by atomic mass is 14.6. The summed E-state index contributed by atoms with van der Waals surface area (Å²) in [7, 11) is 0. The van der Waals surface area contributed by atoms with Gasteiger partial charge in [0.1, 0.15) is 0 Å². The van der Waals surface area contributed by atoms with E-state index in [-0.39, 0.29) is 0 Å². The SMILES string of the molecule is CC/C(C)=C1\CCC2C3CCC4CC(C)CCC4(C)C3CCC12C. The van der Waals surface area contributed by atoms with E-state index in [1.165, 1.54) is 51.4 Å². The molecule has 0 aromatic carbocycles. The third-order valence-electron chi connectivity index (χ3n) is 9.76. The first kappa shape index (κ1) is 17.2. The monoisotopic (exact) mass is 328 g/mol. The summed E-state index contributed by atoms with van der Waals surface area (Å²) in [6.07, 6.45) is 14.9. The fourth-order valence-corrected chi connectivity index (χ4v) is 8.20. The first-order chi connectivity index (χ1) is 11.4. The largest absolute Gasteiger partial charge is 0.0738 e. The van der Waals surface area contributed by atoms with Gasteiger partial charge >= 0.3 is 0 Å². The molecule has 0 heterocycles. The minimum Gasteiger partial charge on any atom is -0.0738 e. The van der Waals surface area contributed by atoms with Crippen LogP contribution in [0.15, 0.2) is 11.1 Å². The van der Waals surface area contributed by atoms with E-state index in [9.17, 15) is 0 Å². The zero-order valence-corrected chi connectivity index (χ0v) is 17.0. The van der Waals surface area contributed by atoms with Crippen molar-refractivity contribution in [3.05, 3.63) is 11.1 Å². The Kier molecular flexibility index (Phi) is 4.21. The average molecular weight is 329 g/mol. The molecule has 0 nitrogen and oxygen atoms in total. The molecule has 4 saturated carbocycles. The van der Waals surface area contributed by atoms with Crippen molar-refractivity contribution in [3.8, 4) is 0 Å². The molecule has 0 amide bonds. The van der Waals surface area contributed by atoms with Crippen molar-refractivity contribution in [1.29, 1.82) is 0 Å². The van der Waals surface area contributed by atoms with Gasteiger partial charge in [-0.3, -0.25) is 0 Å². The summed E-state index contributed by atoms with van der Waals surface area (Å²) in [5.41, 5.74) is 4.86. The number of allylic oxidation sites excluding steroid dienone is 2. The summed E-state index contributed by atoms with van der Waals surface area (Å²) < 4.78 is 0. The Morgan fingerprint density at radius 1 is 1.00 bits per heavy atom. The molecule has 0 aromatic heterocycles. The van der Waals surface area contributed by atoms with E-state index in [1.807, 2.05) is 5.57 Å². The van der Waals surface area contributed by atoms with Gasteiger partial charge in [-0.05, 0) is 105 Å². The Hall–Kier alpha value is -0.260. The third kappa shape index (κ3) is 2.30. The number of hydrogen-bond acceptors (Lipinski definition) is 0. The van der Waals surface area contributed by atoms with Crippen molar-refractivity contribution in [3.63, 3.8) is 0 Å². The first-order valence-corrected chi connectivity index (χ1v) is 11.1. The maximum absolute atomic E-state index is 2.71. The van der Waals surface area contributed by atoms with Gasteiger partial charge in [0.05, 0.1) is 0 Å². The quantitative estimate of drug-likeness (QED) is 0.440. The van der Waals surface area contributed by atoms with Gasteiger partial charge < -0.3 is 0 Å². The van der Waals surface area contributed by atoms with Crippen LogP contribution in [0.3, 0.4) is 0 Å². The minimum atomic E-state index is 0.562. The smallest absolute Gasteiger partial charge is 0.00826 e. The molecule has 0 radical (unpaired) electrons. The zero-order valence-electron chi connectivity index (χ0n) is 17.0. The Morgan fingerprint density at radius 2 is 1.79 bits per heavy atom. The lowest BCUT2D eigenvalue weighted by Crippen LogP contribution is -2.52. The van der Waals surface area contributed by atoms with Gasteiger partial charge in [0, 0.05) is 0 Å². The van der Waals surface area contributed by atoms with Gasteiger partial charge in [-0.25, -0.2) is 0 Å². The molecule has 0 N–H and O–H groups in total. The average Bonchev–Trinajstić information content (AvgIpc) is 2.92. The molecular formula is C24H40. The molecule has 0 spiro atoms. The van der Waals surface area contributed by atoms with Crippen molar-refractivity contribution in [2.24, 2.45) is 40.4 Å². The van der Waals surface area contributed by atoms with Crippen LogP contribution in [0.5, 0.6) is 0 Å². The normalized spacial score (nSPS) is 53.1. The van der Waals surface area contributed by atoms with Crippen LogP contribution in [0, 0.1) is 40.4 Å². The second kappa shape index (κ2) is 5.88.